The summed E-state index contributed by atoms with van der Waals surface area (Å²) in [5.74, 6) is 0.447. The van der Waals surface area contributed by atoms with Gasteiger partial charge in [0.25, 0.3) is 0 Å². The first-order chi connectivity index (χ1) is 9.49. The van der Waals surface area contributed by atoms with Gasteiger partial charge in [0.15, 0.2) is 0 Å². The van der Waals surface area contributed by atoms with E-state index in [9.17, 15) is 4.39 Å². The summed E-state index contributed by atoms with van der Waals surface area (Å²) in [6.07, 6.45) is 2.20. The molecule has 0 fully saturated rings. The van der Waals surface area contributed by atoms with Crippen LogP contribution in [-0.4, -0.2) is 20.1 Å². The molecule has 3 heteroatoms. The molecule has 0 bridgehead atoms. The summed E-state index contributed by atoms with van der Waals surface area (Å²) in [4.78, 5) is 2.01. The van der Waals surface area contributed by atoms with Gasteiger partial charge in [-0.3, -0.25) is 0 Å². The highest BCUT2D eigenvalue weighted by atomic mass is 19.1. The van der Waals surface area contributed by atoms with Crippen LogP contribution in [0.15, 0.2) is 18.2 Å². The molecule has 2 atom stereocenters. The average molecular weight is 280 g/mol. The fourth-order valence-electron chi connectivity index (χ4n) is 2.28. The Bertz CT molecular complexity index is 406. The summed E-state index contributed by atoms with van der Waals surface area (Å²) < 4.78 is 14.3. The van der Waals surface area contributed by atoms with E-state index >= 15 is 0 Å². The van der Waals surface area contributed by atoms with Crippen LogP contribution >= 0.6 is 0 Å². The minimum absolute atomic E-state index is 0.126. The normalized spacial score (nSPS) is 14.1. The zero-order valence-corrected chi connectivity index (χ0v) is 13.5. The van der Waals surface area contributed by atoms with Crippen LogP contribution in [0, 0.1) is 11.7 Å². The minimum Gasteiger partial charge on any atom is -0.372 e. The zero-order valence-electron chi connectivity index (χ0n) is 13.5. The Morgan fingerprint density at radius 1 is 1.25 bits per heavy atom. The van der Waals surface area contributed by atoms with Gasteiger partial charge in [-0.25, -0.2) is 4.39 Å². The van der Waals surface area contributed by atoms with E-state index in [4.69, 9.17) is 0 Å². The number of halogens is 1. The van der Waals surface area contributed by atoms with E-state index in [0.29, 0.717) is 11.6 Å². The van der Waals surface area contributed by atoms with Gasteiger partial charge in [0.1, 0.15) is 5.82 Å². The van der Waals surface area contributed by atoms with Crippen molar-refractivity contribution >= 4 is 5.69 Å². The summed E-state index contributed by atoms with van der Waals surface area (Å²) in [7, 11) is 1.96. The minimum atomic E-state index is -0.126. The highest BCUT2D eigenvalue weighted by Gasteiger charge is 2.13. The number of nitrogens with zero attached hydrogens (tertiary/aromatic N) is 1. The summed E-state index contributed by atoms with van der Waals surface area (Å²) in [6.45, 7) is 10.4. The molecule has 1 N–H and O–H groups in total. The first kappa shape index (κ1) is 17.0. The molecule has 2 unspecified atom stereocenters. The van der Waals surface area contributed by atoms with E-state index in [0.717, 1.165) is 31.5 Å². The van der Waals surface area contributed by atoms with Crippen LogP contribution in [0.25, 0.3) is 0 Å². The number of hydrogen-bond donors (Lipinski definition) is 1. The maximum Gasteiger partial charge on any atom is 0.146 e. The Balaban J connectivity index is 2.77. The lowest BCUT2D eigenvalue weighted by atomic mass is 10.1. The Kier molecular flexibility index (Phi) is 7.00. The topological polar surface area (TPSA) is 15.3 Å². The van der Waals surface area contributed by atoms with Gasteiger partial charge >= 0.3 is 0 Å². The highest BCUT2D eigenvalue weighted by Crippen LogP contribution is 2.23. The van der Waals surface area contributed by atoms with Crippen LogP contribution in [0.4, 0.5) is 10.1 Å². The van der Waals surface area contributed by atoms with Gasteiger partial charge in [-0.2, -0.15) is 0 Å². The first-order valence-electron chi connectivity index (χ1n) is 7.73. The molecule has 20 heavy (non-hydrogen) atoms. The number of rotatable bonds is 8. The molecule has 0 amide bonds. The second-order valence-corrected chi connectivity index (χ2v) is 5.78. The first-order valence-corrected chi connectivity index (χ1v) is 7.73. The van der Waals surface area contributed by atoms with Gasteiger partial charge in [0.05, 0.1) is 5.69 Å². The Labute approximate surface area is 123 Å². The lowest BCUT2D eigenvalue weighted by Gasteiger charge is -2.24. The van der Waals surface area contributed by atoms with Crippen molar-refractivity contribution in [3.8, 4) is 0 Å². The molecule has 0 saturated heterocycles. The van der Waals surface area contributed by atoms with E-state index in [1.165, 1.54) is 0 Å². The zero-order chi connectivity index (χ0) is 15.1. The Morgan fingerprint density at radius 3 is 2.50 bits per heavy atom. The standard InChI is InChI=1S/C17H29FN2/c1-6-10-19-14(4)15-8-9-17(16(18)11-15)20(5)12-13(3)7-2/h8-9,11,13-14,19H,6-7,10,12H2,1-5H3. The summed E-state index contributed by atoms with van der Waals surface area (Å²) in [5, 5.41) is 3.39. The van der Waals surface area contributed by atoms with Crippen LogP contribution in [0.5, 0.6) is 0 Å². The molecular formula is C17H29FN2. The van der Waals surface area contributed by atoms with E-state index in [2.05, 4.69) is 33.0 Å². The van der Waals surface area contributed by atoms with Crippen LogP contribution in [0.2, 0.25) is 0 Å². The predicted octanol–water partition coefficient (Wildman–Crippen LogP) is 4.37. The van der Waals surface area contributed by atoms with E-state index < -0.39 is 0 Å². The predicted molar refractivity (Wildman–Crippen MR) is 85.8 cm³/mol. The molecule has 1 aromatic carbocycles. The molecule has 0 spiro atoms. The van der Waals surface area contributed by atoms with Crippen LogP contribution < -0.4 is 10.2 Å². The highest BCUT2D eigenvalue weighted by molar-refractivity contribution is 5.49. The maximum absolute atomic E-state index is 14.3. The molecule has 114 valence electrons. The molecular weight excluding hydrogens is 251 g/mol. The van der Waals surface area contributed by atoms with Crippen molar-refractivity contribution in [2.24, 2.45) is 5.92 Å². The summed E-state index contributed by atoms with van der Waals surface area (Å²) in [6, 6.07) is 5.78. The lowest BCUT2D eigenvalue weighted by Crippen LogP contribution is -2.25. The molecule has 1 rings (SSSR count). The van der Waals surface area contributed by atoms with Gasteiger partial charge in [-0.1, -0.05) is 33.3 Å². The second-order valence-electron chi connectivity index (χ2n) is 5.78. The largest absolute Gasteiger partial charge is 0.372 e. The van der Waals surface area contributed by atoms with Crippen molar-refractivity contribution in [3.63, 3.8) is 0 Å². The van der Waals surface area contributed by atoms with Crippen LogP contribution in [0.3, 0.4) is 0 Å². The molecule has 0 aromatic heterocycles. The Hall–Kier alpha value is -1.09. The van der Waals surface area contributed by atoms with Gasteiger partial charge in [-0.05, 0) is 43.5 Å². The van der Waals surface area contributed by atoms with Gasteiger partial charge < -0.3 is 10.2 Å². The molecule has 0 heterocycles. The second kappa shape index (κ2) is 8.25. The van der Waals surface area contributed by atoms with Gasteiger partial charge in [0, 0.05) is 19.6 Å². The molecule has 2 nitrogen and oxygen atoms in total. The third kappa shape index (κ3) is 4.78. The monoisotopic (exact) mass is 280 g/mol. The smallest absolute Gasteiger partial charge is 0.146 e. The quantitative estimate of drug-likeness (QED) is 0.760. The van der Waals surface area contributed by atoms with Crippen LogP contribution in [0.1, 0.15) is 52.1 Å². The summed E-state index contributed by atoms with van der Waals surface area (Å²) >= 11 is 0. The van der Waals surface area contributed by atoms with E-state index in [1.807, 2.05) is 24.1 Å². The van der Waals surface area contributed by atoms with Crippen molar-refractivity contribution in [1.82, 2.24) is 5.32 Å². The molecule has 0 aliphatic carbocycles. The van der Waals surface area contributed by atoms with Gasteiger partial charge in [-0.15, -0.1) is 0 Å². The van der Waals surface area contributed by atoms with Crippen molar-refractivity contribution in [2.45, 2.75) is 46.6 Å². The van der Waals surface area contributed by atoms with Crippen molar-refractivity contribution in [3.05, 3.63) is 29.6 Å². The number of hydrogen-bond acceptors (Lipinski definition) is 2. The van der Waals surface area contributed by atoms with Crippen molar-refractivity contribution in [1.29, 1.82) is 0 Å². The van der Waals surface area contributed by atoms with E-state index in [-0.39, 0.29) is 11.9 Å². The summed E-state index contributed by atoms with van der Waals surface area (Å²) in [5.41, 5.74) is 1.70. The number of nitrogens with one attached hydrogen (secondary N) is 1. The maximum atomic E-state index is 14.3. The average Bonchev–Trinajstić information content (AvgIpc) is 2.44. The molecule has 1 aromatic rings. The molecule has 0 radical (unpaired) electrons. The SMILES string of the molecule is CCCNC(C)c1ccc(N(C)CC(C)CC)c(F)c1. The number of benzene rings is 1. The van der Waals surface area contributed by atoms with Crippen LogP contribution in [-0.2, 0) is 0 Å². The molecule has 0 saturated carbocycles. The van der Waals surface area contributed by atoms with Gasteiger partial charge in [0.2, 0.25) is 0 Å². The molecule has 0 aliphatic rings. The number of anilines is 1. The van der Waals surface area contributed by atoms with Crippen molar-refractivity contribution in [2.75, 3.05) is 25.0 Å². The third-order valence-electron chi connectivity index (χ3n) is 3.87. The fraction of sp³-hybridized carbons (Fsp3) is 0.647. The Morgan fingerprint density at radius 2 is 1.95 bits per heavy atom. The van der Waals surface area contributed by atoms with Crippen molar-refractivity contribution < 1.29 is 4.39 Å². The lowest BCUT2D eigenvalue weighted by molar-refractivity contribution is 0.545. The third-order valence-corrected chi connectivity index (χ3v) is 3.87. The fourth-order valence-corrected chi connectivity index (χ4v) is 2.28. The molecule has 0 aliphatic heterocycles. The van der Waals surface area contributed by atoms with E-state index in [1.54, 1.807) is 6.07 Å².